The summed E-state index contributed by atoms with van der Waals surface area (Å²) in [7, 11) is 1.59. The highest BCUT2D eigenvalue weighted by Gasteiger charge is 2.27. The highest BCUT2D eigenvalue weighted by Crippen LogP contribution is 2.31. The molecule has 1 aliphatic heterocycles. The zero-order valence-electron chi connectivity index (χ0n) is 16.4. The fourth-order valence-corrected chi connectivity index (χ4v) is 3.80. The first-order valence-electron chi connectivity index (χ1n) is 9.40. The van der Waals surface area contributed by atoms with Gasteiger partial charge in [0.15, 0.2) is 5.82 Å². The molecule has 3 aromatic rings. The number of hydrogen-bond donors (Lipinski definition) is 1. The van der Waals surface area contributed by atoms with Gasteiger partial charge in [-0.3, -0.25) is 14.5 Å². The molecule has 1 aromatic carbocycles. The van der Waals surface area contributed by atoms with E-state index in [2.05, 4.69) is 15.3 Å². The van der Waals surface area contributed by atoms with Crippen molar-refractivity contribution in [2.45, 2.75) is 13.0 Å². The van der Waals surface area contributed by atoms with Gasteiger partial charge in [0.1, 0.15) is 18.0 Å². The Morgan fingerprint density at radius 2 is 2.13 bits per heavy atom. The van der Waals surface area contributed by atoms with Gasteiger partial charge in [-0.1, -0.05) is 18.2 Å². The lowest BCUT2D eigenvalue weighted by molar-refractivity contribution is -0.123. The smallest absolute Gasteiger partial charge is 0.240 e. The molecule has 7 nitrogen and oxygen atoms in total. The van der Waals surface area contributed by atoms with Crippen LogP contribution in [0.2, 0.25) is 0 Å². The minimum atomic E-state index is -0.252. The van der Waals surface area contributed by atoms with Crippen molar-refractivity contribution >= 4 is 40.4 Å². The van der Waals surface area contributed by atoms with Crippen LogP contribution in [0.3, 0.4) is 0 Å². The van der Waals surface area contributed by atoms with E-state index in [0.29, 0.717) is 29.5 Å². The molecule has 30 heavy (non-hydrogen) atoms. The Morgan fingerprint density at radius 1 is 1.23 bits per heavy atom. The second-order valence-electron chi connectivity index (χ2n) is 6.65. The van der Waals surface area contributed by atoms with Crippen LogP contribution in [0.25, 0.3) is 0 Å². The van der Waals surface area contributed by atoms with E-state index in [-0.39, 0.29) is 24.8 Å². The van der Waals surface area contributed by atoms with Gasteiger partial charge in [0.2, 0.25) is 11.8 Å². The largest absolute Gasteiger partial charge is 0.497 e. The minimum Gasteiger partial charge on any atom is -0.497 e. The quantitative estimate of drug-likeness (QED) is 0.663. The lowest BCUT2D eigenvalue weighted by Gasteiger charge is -2.20. The number of amides is 2. The summed E-state index contributed by atoms with van der Waals surface area (Å²) in [6, 6.07) is 14.8. The summed E-state index contributed by atoms with van der Waals surface area (Å²) < 4.78 is 5.29. The molecule has 2 aromatic heterocycles. The zero-order chi connectivity index (χ0) is 20.9. The number of aliphatic imine (C=N–C) groups is 1. The summed E-state index contributed by atoms with van der Waals surface area (Å²) in [5, 5.41) is 4.81. The second-order valence-corrected chi connectivity index (χ2v) is 7.68. The Hall–Kier alpha value is -3.52. The van der Waals surface area contributed by atoms with Crippen molar-refractivity contribution in [3.8, 4) is 5.75 Å². The van der Waals surface area contributed by atoms with E-state index < -0.39 is 0 Å². The van der Waals surface area contributed by atoms with Gasteiger partial charge in [-0.05, 0) is 35.7 Å². The highest BCUT2D eigenvalue weighted by atomic mass is 32.1. The number of benzene rings is 1. The van der Waals surface area contributed by atoms with Crippen molar-refractivity contribution < 1.29 is 14.3 Å². The molecule has 2 amide bonds. The number of nitrogens with zero attached hydrogens (tertiary/aromatic N) is 3. The van der Waals surface area contributed by atoms with Gasteiger partial charge < -0.3 is 10.1 Å². The number of ether oxygens (including phenoxy) is 1. The molecule has 0 spiro atoms. The standard InChI is InChI=1S/C22H20N4O3S/c1-29-16-6-2-5-15(11-16)19-12-21(28)26(22-18(25-19)8-3-9-23-22)14-20(27)24-13-17-7-4-10-30-17/h2-11H,12-14H2,1H3,(H,24,27). The summed E-state index contributed by atoms with van der Waals surface area (Å²) in [6.45, 7) is 0.314. The maximum atomic E-state index is 13.1. The molecular formula is C22H20N4O3S. The molecule has 0 unspecified atom stereocenters. The number of rotatable bonds is 6. The summed E-state index contributed by atoms with van der Waals surface area (Å²) in [5.74, 6) is 0.577. The molecule has 0 saturated heterocycles. The van der Waals surface area contributed by atoms with Crippen LogP contribution in [0.15, 0.2) is 65.1 Å². The highest BCUT2D eigenvalue weighted by molar-refractivity contribution is 7.09. The number of hydrogen-bond acceptors (Lipinski definition) is 6. The zero-order valence-corrected chi connectivity index (χ0v) is 17.2. The fourth-order valence-electron chi connectivity index (χ4n) is 3.16. The van der Waals surface area contributed by atoms with Gasteiger partial charge in [0, 0.05) is 16.6 Å². The Labute approximate surface area is 178 Å². The number of nitrogens with one attached hydrogen (secondary N) is 1. The lowest BCUT2D eigenvalue weighted by Crippen LogP contribution is -2.41. The summed E-state index contributed by atoms with van der Waals surface area (Å²) in [5.41, 5.74) is 1.95. The van der Waals surface area contributed by atoms with Crippen LogP contribution in [0.1, 0.15) is 16.9 Å². The minimum absolute atomic E-state index is 0.0573. The summed E-state index contributed by atoms with van der Waals surface area (Å²) in [6.07, 6.45) is 1.65. The molecule has 0 radical (unpaired) electrons. The Balaban J connectivity index is 1.58. The van der Waals surface area contributed by atoms with Gasteiger partial charge in [-0.2, -0.15) is 0 Å². The molecule has 152 valence electrons. The molecule has 3 heterocycles. The number of aromatic nitrogens is 1. The molecular weight excluding hydrogens is 400 g/mol. The van der Waals surface area contributed by atoms with E-state index in [1.165, 1.54) is 4.90 Å². The first kappa shape index (κ1) is 19.8. The monoisotopic (exact) mass is 420 g/mol. The van der Waals surface area contributed by atoms with E-state index in [0.717, 1.165) is 10.4 Å². The lowest BCUT2D eigenvalue weighted by atomic mass is 10.1. The molecule has 0 atom stereocenters. The van der Waals surface area contributed by atoms with E-state index in [4.69, 9.17) is 4.74 Å². The van der Waals surface area contributed by atoms with E-state index in [9.17, 15) is 9.59 Å². The number of pyridine rings is 1. The Kier molecular flexibility index (Phi) is 5.85. The van der Waals surface area contributed by atoms with Crippen LogP contribution in [-0.2, 0) is 16.1 Å². The van der Waals surface area contributed by atoms with E-state index >= 15 is 0 Å². The SMILES string of the molecule is COc1cccc(C2=Nc3cccnc3N(CC(=O)NCc3cccs3)C(=O)C2)c1. The van der Waals surface area contributed by atoms with Crippen molar-refractivity contribution in [1.29, 1.82) is 0 Å². The van der Waals surface area contributed by atoms with Crippen molar-refractivity contribution in [3.63, 3.8) is 0 Å². The first-order valence-corrected chi connectivity index (χ1v) is 10.3. The normalized spacial score (nSPS) is 13.3. The average molecular weight is 420 g/mol. The van der Waals surface area contributed by atoms with Crippen LogP contribution in [0.5, 0.6) is 5.75 Å². The molecule has 4 rings (SSSR count). The second kappa shape index (κ2) is 8.87. The number of anilines is 1. The van der Waals surface area contributed by atoms with Crippen LogP contribution in [0, 0.1) is 0 Å². The third kappa shape index (κ3) is 4.38. The summed E-state index contributed by atoms with van der Waals surface area (Å²) in [4.78, 5) is 37.1. The van der Waals surface area contributed by atoms with Crippen molar-refractivity contribution in [2.75, 3.05) is 18.6 Å². The first-order chi connectivity index (χ1) is 14.6. The van der Waals surface area contributed by atoms with Gasteiger partial charge in [-0.15, -0.1) is 11.3 Å². The van der Waals surface area contributed by atoms with Gasteiger partial charge >= 0.3 is 0 Å². The summed E-state index contributed by atoms with van der Waals surface area (Å²) >= 11 is 1.57. The van der Waals surface area contributed by atoms with Crippen molar-refractivity contribution in [2.24, 2.45) is 4.99 Å². The van der Waals surface area contributed by atoms with Crippen LogP contribution in [0.4, 0.5) is 11.5 Å². The van der Waals surface area contributed by atoms with Gasteiger partial charge in [0.25, 0.3) is 0 Å². The number of methoxy groups -OCH3 is 1. The molecule has 1 N–H and O–H groups in total. The third-order valence-electron chi connectivity index (χ3n) is 4.64. The molecule has 0 aliphatic carbocycles. The average Bonchev–Trinajstić information content (AvgIpc) is 3.25. The molecule has 0 bridgehead atoms. The Morgan fingerprint density at radius 3 is 2.93 bits per heavy atom. The molecule has 8 heteroatoms. The predicted molar refractivity (Wildman–Crippen MR) is 117 cm³/mol. The van der Waals surface area contributed by atoms with Crippen LogP contribution >= 0.6 is 11.3 Å². The van der Waals surface area contributed by atoms with Crippen LogP contribution < -0.4 is 15.0 Å². The van der Waals surface area contributed by atoms with Crippen LogP contribution in [-0.4, -0.2) is 36.2 Å². The van der Waals surface area contributed by atoms with Gasteiger partial charge in [0.05, 0.1) is 25.8 Å². The van der Waals surface area contributed by atoms with Crippen molar-refractivity contribution in [1.82, 2.24) is 10.3 Å². The maximum Gasteiger partial charge on any atom is 0.240 e. The van der Waals surface area contributed by atoms with Crippen molar-refractivity contribution in [3.05, 3.63) is 70.5 Å². The van der Waals surface area contributed by atoms with E-state index in [1.54, 1.807) is 36.8 Å². The number of carbonyl (C=O) groups is 2. The predicted octanol–water partition coefficient (Wildman–Crippen LogP) is 3.33. The molecule has 0 saturated carbocycles. The number of carbonyl (C=O) groups excluding carboxylic acids is 2. The van der Waals surface area contributed by atoms with E-state index in [1.807, 2.05) is 41.8 Å². The third-order valence-corrected chi connectivity index (χ3v) is 5.52. The molecule has 1 aliphatic rings. The number of thiophene rings is 1. The maximum absolute atomic E-state index is 13.1. The number of fused-ring (bicyclic) bond motifs is 1. The Bertz CT molecular complexity index is 1100. The molecule has 0 fully saturated rings. The topological polar surface area (TPSA) is 83.9 Å². The fraction of sp³-hybridized carbons (Fsp3) is 0.182. The van der Waals surface area contributed by atoms with Gasteiger partial charge in [-0.25, -0.2) is 9.98 Å².